The molecule has 1 heterocycles. The molecule has 0 N–H and O–H groups in total. The Bertz CT molecular complexity index is 1930. The minimum absolute atomic E-state index is 0.132. The predicted octanol–water partition coefficient (Wildman–Crippen LogP) is 11.1. The van der Waals surface area contributed by atoms with Gasteiger partial charge < -0.3 is 0 Å². The summed E-state index contributed by atoms with van der Waals surface area (Å²) in [5.74, 6) is 2.23. The first-order chi connectivity index (χ1) is 22.2. The van der Waals surface area contributed by atoms with Crippen molar-refractivity contribution in [3.05, 3.63) is 145 Å². The van der Waals surface area contributed by atoms with Crippen LogP contribution in [0.3, 0.4) is 0 Å². The van der Waals surface area contributed by atoms with Gasteiger partial charge in [0.1, 0.15) is 0 Å². The van der Waals surface area contributed by atoms with Crippen LogP contribution in [0.4, 0.5) is 0 Å². The third-order valence-corrected chi connectivity index (χ3v) is 13.7. The summed E-state index contributed by atoms with van der Waals surface area (Å²) in [4.78, 5) is 0. The second kappa shape index (κ2) is 12.3. The molecule has 6 aromatic carbocycles. The van der Waals surface area contributed by atoms with E-state index in [-0.39, 0.29) is 6.04 Å². The zero-order valence-electron chi connectivity index (χ0n) is 25.2. The fourth-order valence-corrected chi connectivity index (χ4v) is 11.5. The minimum atomic E-state index is -2.88. The molecule has 1 atom stereocenters. The molecule has 0 unspecified atom stereocenters. The second-order valence-corrected chi connectivity index (χ2v) is 17.0. The van der Waals surface area contributed by atoms with Crippen LogP contribution in [0.25, 0.3) is 32.7 Å². The van der Waals surface area contributed by atoms with E-state index in [9.17, 15) is 0 Å². The van der Waals surface area contributed by atoms with Crippen molar-refractivity contribution in [3.8, 4) is 22.6 Å². The Labute approximate surface area is 273 Å². The second-order valence-electron chi connectivity index (χ2n) is 12.3. The molecule has 0 aromatic heterocycles. The first-order valence-corrected chi connectivity index (χ1v) is 19.9. The van der Waals surface area contributed by atoms with Crippen LogP contribution in [0, 0.1) is 5.92 Å². The Kier molecular flexibility index (Phi) is 7.85. The summed E-state index contributed by atoms with van der Waals surface area (Å²) in [6.45, 7) is 0.712. The van der Waals surface area contributed by atoms with Gasteiger partial charge in [0.2, 0.25) is 0 Å². The van der Waals surface area contributed by atoms with Crippen LogP contribution in [-0.2, 0) is 6.54 Å². The van der Waals surface area contributed by atoms with Crippen LogP contribution >= 0.6 is 6.11 Å². The van der Waals surface area contributed by atoms with Crippen molar-refractivity contribution >= 4 is 42.8 Å². The summed E-state index contributed by atoms with van der Waals surface area (Å²) >= 11 is 3.61. The summed E-state index contributed by atoms with van der Waals surface area (Å²) in [6, 6.07) is 47.9. The fourth-order valence-electron chi connectivity index (χ4n) is 7.44. The molecule has 8 rings (SSSR count). The van der Waals surface area contributed by atoms with E-state index < -0.39 is 6.11 Å². The van der Waals surface area contributed by atoms with Crippen LogP contribution < -0.4 is 9.05 Å². The average Bonchev–Trinajstić information content (AvgIpc) is 3.23. The molecule has 0 saturated heterocycles. The summed E-state index contributed by atoms with van der Waals surface area (Å²) in [7, 11) is 0. The fraction of sp³-hybridized carbons (Fsp3) is 0.200. The van der Waals surface area contributed by atoms with Crippen molar-refractivity contribution in [3.63, 3.8) is 0 Å². The third-order valence-electron chi connectivity index (χ3n) is 9.52. The Morgan fingerprint density at radius 1 is 0.600 bits per heavy atom. The number of rotatable bonds is 6. The summed E-state index contributed by atoms with van der Waals surface area (Å²) < 4.78 is 17.3. The molecule has 224 valence electrons. The van der Waals surface area contributed by atoms with Crippen molar-refractivity contribution < 1.29 is 9.05 Å². The summed E-state index contributed by atoms with van der Waals surface area (Å²) in [5, 5.41) is 4.72. The number of nitrogens with zero attached hydrogens (tertiary/aromatic N) is 1. The average molecular weight is 673 g/mol. The first kappa shape index (κ1) is 28.8. The topological polar surface area (TPSA) is 21.7 Å². The quantitative estimate of drug-likeness (QED) is 0.130. The van der Waals surface area contributed by atoms with Crippen molar-refractivity contribution in [2.24, 2.45) is 5.92 Å². The van der Waals surface area contributed by atoms with Crippen molar-refractivity contribution in [1.29, 1.82) is 0 Å². The number of fused-ring (bicyclic) bond motifs is 7. The van der Waals surface area contributed by atoms with E-state index >= 15 is 0 Å². The van der Waals surface area contributed by atoms with Gasteiger partial charge in [0.15, 0.2) is 0 Å². The van der Waals surface area contributed by atoms with Gasteiger partial charge in [0.05, 0.1) is 0 Å². The maximum atomic E-state index is 7.37. The third kappa shape index (κ3) is 5.45. The van der Waals surface area contributed by atoms with Crippen LogP contribution in [0.15, 0.2) is 133 Å². The van der Waals surface area contributed by atoms with Gasteiger partial charge in [-0.2, -0.15) is 0 Å². The molecule has 1 aliphatic carbocycles. The molecule has 5 heteroatoms. The molecule has 0 spiro atoms. The number of hydrogen-bond acceptors (Lipinski definition) is 3. The van der Waals surface area contributed by atoms with Gasteiger partial charge in [0.25, 0.3) is 0 Å². The van der Waals surface area contributed by atoms with Gasteiger partial charge in [0, 0.05) is 0 Å². The SMILES string of the molecule is [Se]=P1(N(Cc2ccccc2)[C@H](c2ccccc2)C2CCCCC2)Oc2ccc3ccccc3c2-c2c(ccc3ccccc23)O1. The van der Waals surface area contributed by atoms with E-state index in [1.165, 1.54) is 64.8 Å². The van der Waals surface area contributed by atoms with Crippen LogP contribution in [0.1, 0.15) is 49.3 Å². The molecule has 0 bridgehead atoms. The van der Waals surface area contributed by atoms with Gasteiger partial charge in [-0.25, -0.2) is 0 Å². The van der Waals surface area contributed by atoms with Gasteiger partial charge in [-0.15, -0.1) is 0 Å². The normalized spacial score (nSPS) is 16.7. The summed E-state index contributed by atoms with van der Waals surface area (Å²) in [6.07, 6.45) is 3.35. The maximum absolute atomic E-state index is 7.37. The molecule has 0 radical (unpaired) electrons. The molecule has 45 heavy (non-hydrogen) atoms. The van der Waals surface area contributed by atoms with Gasteiger partial charge in [-0.1, -0.05) is 0 Å². The molecule has 0 amide bonds. The molecule has 1 aliphatic heterocycles. The first-order valence-electron chi connectivity index (χ1n) is 16.1. The molecular weight excluding hydrogens is 636 g/mol. The van der Waals surface area contributed by atoms with E-state index in [1.54, 1.807) is 0 Å². The van der Waals surface area contributed by atoms with Crippen molar-refractivity contribution in [2.45, 2.75) is 44.7 Å². The van der Waals surface area contributed by atoms with Crippen LogP contribution in [-0.4, -0.2) is 19.8 Å². The monoisotopic (exact) mass is 673 g/mol. The molecule has 1 fully saturated rings. The number of benzene rings is 6. The van der Waals surface area contributed by atoms with E-state index in [4.69, 9.17) is 9.05 Å². The van der Waals surface area contributed by atoms with E-state index in [0.29, 0.717) is 12.5 Å². The predicted molar refractivity (Wildman–Crippen MR) is 189 cm³/mol. The molecular formula is C40H36NO2PSe. The zero-order valence-corrected chi connectivity index (χ0v) is 27.8. The van der Waals surface area contributed by atoms with Gasteiger partial charge in [-0.3, -0.25) is 0 Å². The number of hydrogen-bond donors (Lipinski definition) is 0. The molecule has 2 aliphatic rings. The van der Waals surface area contributed by atoms with Crippen LogP contribution in [0.2, 0.25) is 0 Å². The Morgan fingerprint density at radius 3 is 1.69 bits per heavy atom. The zero-order chi connectivity index (χ0) is 30.2. The molecule has 6 aromatic rings. The van der Waals surface area contributed by atoms with Crippen molar-refractivity contribution in [1.82, 2.24) is 4.67 Å². The van der Waals surface area contributed by atoms with E-state index in [2.05, 4.69) is 153 Å². The van der Waals surface area contributed by atoms with Gasteiger partial charge >= 0.3 is 274 Å². The summed E-state index contributed by atoms with van der Waals surface area (Å²) in [5.41, 5.74) is 4.78. The molecule has 3 nitrogen and oxygen atoms in total. The Morgan fingerprint density at radius 2 is 1.11 bits per heavy atom. The van der Waals surface area contributed by atoms with Crippen LogP contribution in [0.5, 0.6) is 11.5 Å². The van der Waals surface area contributed by atoms with E-state index in [0.717, 1.165) is 22.6 Å². The Balaban J connectivity index is 1.38. The van der Waals surface area contributed by atoms with E-state index in [1.807, 2.05) is 0 Å². The Hall–Kier alpha value is -3.65. The van der Waals surface area contributed by atoms with Gasteiger partial charge in [-0.05, 0) is 0 Å². The van der Waals surface area contributed by atoms with Crippen molar-refractivity contribution in [2.75, 3.05) is 0 Å². The molecule has 1 saturated carbocycles. The standard InChI is InChI=1S/C40H36NO2PSe/c45-44(41(28-29-14-4-1-5-15-29)40(32-18-6-2-7-19-32)33-20-8-3-9-21-33)42-36-26-24-30-16-10-12-22-34(30)38(36)39-35-23-13-11-17-31(35)25-27-37(39)43-44/h1-2,4-7,10-19,22-27,33,40H,3,8-9,20-21,28H2/t40-/m1/s1.